The number of nitrogens with zero attached hydrogens (tertiary/aromatic N) is 4. The van der Waals surface area contributed by atoms with Gasteiger partial charge >= 0.3 is 0 Å². The van der Waals surface area contributed by atoms with Crippen molar-refractivity contribution in [2.75, 3.05) is 30.8 Å². The number of fused-ring (bicyclic) bond motifs is 1. The van der Waals surface area contributed by atoms with Gasteiger partial charge < -0.3 is 20.7 Å². The number of aromatic nitrogens is 4. The summed E-state index contributed by atoms with van der Waals surface area (Å²) in [6.45, 7) is 4.65. The molecule has 0 spiro atoms. The van der Waals surface area contributed by atoms with E-state index >= 15 is 0 Å². The molecule has 0 unspecified atom stereocenters. The average Bonchev–Trinajstić information content (AvgIpc) is 3.07. The van der Waals surface area contributed by atoms with Crippen molar-refractivity contribution in [2.24, 2.45) is 0 Å². The van der Waals surface area contributed by atoms with Crippen LogP contribution in [0.1, 0.15) is 5.69 Å². The monoisotopic (exact) mass is 385 g/mol. The summed E-state index contributed by atoms with van der Waals surface area (Å²) in [5.74, 6) is 0.797. The summed E-state index contributed by atoms with van der Waals surface area (Å²) in [7, 11) is 1.60. The van der Waals surface area contributed by atoms with Gasteiger partial charge in [0.2, 0.25) is 11.9 Å². The third-order valence-corrected chi connectivity index (χ3v) is 4.26. The van der Waals surface area contributed by atoms with E-state index < -0.39 is 0 Å². The van der Waals surface area contributed by atoms with E-state index in [4.69, 9.17) is 4.74 Å². The van der Waals surface area contributed by atoms with Gasteiger partial charge in [0.1, 0.15) is 16.2 Å². The number of hydrogen-bond donors (Lipinski definition) is 3. The summed E-state index contributed by atoms with van der Waals surface area (Å²) >= 11 is 1.44. The van der Waals surface area contributed by atoms with Crippen molar-refractivity contribution in [1.82, 2.24) is 25.3 Å². The molecule has 3 N–H and O–H groups in total. The van der Waals surface area contributed by atoms with E-state index in [1.807, 2.05) is 12.1 Å². The van der Waals surface area contributed by atoms with Gasteiger partial charge in [0.25, 0.3) is 0 Å². The number of thiazole rings is 1. The van der Waals surface area contributed by atoms with Gasteiger partial charge in [-0.25, -0.2) is 15.0 Å². The van der Waals surface area contributed by atoms with Crippen molar-refractivity contribution in [3.8, 4) is 0 Å². The first-order chi connectivity index (χ1) is 13.2. The zero-order chi connectivity index (χ0) is 19.1. The number of anilines is 3. The first-order valence-electron chi connectivity index (χ1n) is 8.17. The maximum atomic E-state index is 11.2. The SMILES string of the molecule is C=CC(=O)NCCNc1nc(COC)cc(Nc2nc3cccnc3s2)n1. The Bertz CT molecular complexity index is 911. The van der Waals surface area contributed by atoms with Crippen LogP contribution >= 0.6 is 11.3 Å². The van der Waals surface area contributed by atoms with E-state index in [0.29, 0.717) is 42.3 Å². The molecule has 10 heteroatoms. The van der Waals surface area contributed by atoms with Crippen LogP contribution in [0.2, 0.25) is 0 Å². The third kappa shape index (κ3) is 5.19. The minimum atomic E-state index is -0.224. The minimum absolute atomic E-state index is 0.224. The quantitative estimate of drug-likeness (QED) is 0.379. The fourth-order valence-corrected chi connectivity index (χ4v) is 3.04. The molecule has 0 aliphatic rings. The van der Waals surface area contributed by atoms with Crippen LogP contribution in [0.5, 0.6) is 0 Å². The molecule has 0 aromatic carbocycles. The van der Waals surface area contributed by atoms with Gasteiger partial charge in [0.05, 0.1) is 12.3 Å². The topological polar surface area (TPSA) is 114 Å². The largest absolute Gasteiger partial charge is 0.378 e. The first kappa shape index (κ1) is 18.7. The number of ether oxygens (including phenoxy) is 1. The average molecular weight is 385 g/mol. The highest BCUT2D eigenvalue weighted by Crippen LogP contribution is 2.26. The zero-order valence-corrected chi connectivity index (χ0v) is 15.5. The molecular weight excluding hydrogens is 366 g/mol. The number of rotatable bonds is 9. The van der Waals surface area contributed by atoms with Gasteiger partial charge in [0.15, 0.2) is 5.13 Å². The van der Waals surface area contributed by atoms with Crippen LogP contribution < -0.4 is 16.0 Å². The number of hydrogen-bond acceptors (Lipinski definition) is 9. The smallest absolute Gasteiger partial charge is 0.243 e. The van der Waals surface area contributed by atoms with Crippen molar-refractivity contribution in [1.29, 1.82) is 0 Å². The number of carbonyl (C=O) groups is 1. The van der Waals surface area contributed by atoms with Crippen LogP contribution in [0, 0.1) is 0 Å². The molecule has 0 saturated heterocycles. The Morgan fingerprint density at radius 1 is 1.33 bits per heavy atom. The van der Waals surface area contributed by atoms with Gasteiger partial charge in [-0.15, -0.1) is 0 Å². The molecule has 0 atom stereocenters. The van der Waals surface area contributed by atoms with Crippen molar-refractivity contribution < 1.29 is 9.53 Å². The maximum absolute atomic E-state index is 11.2. The summed E-state index contributed by atoms with van der Waals surface area (Å²) in [6, 6.07) is 5.55. The lowest BCUT2D eigenvalue weighted by Gasteiger charge is -2.10. The number of pyridine rings is 1. The summed E-state index contributed by atoms with van der Waals surface area (Å²) in [4.78, 5) is 29.6. The van der Waals surface area contributed by atoms with Gasteiger partial charge in [-0.3, -0.25) is 4.79 Å². The summed E-state index contributed by atoms with van der Waals surface area (Å²) < 4.78 is 5.17. The van der Waals surface area contributed by atoms with Gasteiger partial charge in [-0.1, -0.05) is 17.9 Å². The molecular formula is C17H19N7O2S. The zero-order valence-electron chi connectivity index (χ0n) is 14.7. The Morgan fingerprint density at radius 3 is 3.00 bits per heavy atom. The van der Waals surface area contributed by atoms with Crippen LogP contribution in [0.15, 0.2) is 37.1 Å². The van der Waals surface area contributed by atoms with E-state index in [1.165, 1.54) is 17.4 Å². The second kappa shape index (κ2) is 9.01. The van der Waals surface area contributed by atoms with Crippen molar-refractivity contribution in [3.05, 3.63) is 42.7 Å². The number of carbonyl (C=O) groups excluding carboxylic acids is 1. The van der Waals surface area contributed by atoms with Crippen molar-refractivity contribution >= 4 is 44.5 Å². The molecule has 9 nitrogen and oxygen atoms in total. The highest BCUT2D eigenvalue weighted by molar-refractivity contribution is 7.21. The normalized spacial score (nSPS) is 10.6. The lowest BCUT2D eigenvalue weighted by molar-refractivity contribution is -0.116. The van der Waals surface area contributed by atoms with E-state index in [0.717, 1.165) is 10.3 Å². The number of nitrogens with one attached hydrogen (secondary N) is 3. The molecule has 140 valence electrons. The Balaban J connectivity index is 1.72. The van der Waals surface area contributed by atoms with Crippen molar-refractivity contribution in [2.45, 2.75) is 6.61 Å². The highest BCUT2D eigenvalue weighted by Gasteiger charge is 2.09. The lowest BCUT2D eigenvalue weighted by atomic mass is 10.4. The molecule has 3 heterocycles. The molecule has 0 radical (unpaired) electrons. The van der Waals surface area contributed by atoms with Crippen LogP contribution in [0.4, 0.5) is 16.9 Å². The first-order valence-corrected chi connectivity index (χ1v) is 8.99. The maximum Gasteiger partial charge on any atom is 0.243 e. The highest BCUT2D eigenvalue weighted by atomic mass is 32.1. The van der Waals surface area contributed by atoms with Crippen LogP contribution in [0.3, 0.4) is 0 Å². The second-order valence-corrected chi connectivity index (χ2v) is 6.37. The predicted molar refractivity (Wildman–Crippen MR) is 105 cm³/mol. The number of methoxy groups -OCH3 is 1. The Hall–Kier alpha value is -3.11. The Labute approximate surface area is 159 Å². The Kier molecular flexibility index (Phi) is 6.23. The van der Waals surface area contributed by atoms with Gasteiger partial charge in [0, 0.05) is 32.5 Å². The van der Waals surface area contributed by atoms with E-state index in [9.17, 15) is 4.79 Å². The van der Waals surface area contributed by atoms with Gasteiger partial charge in [-0.05, 0) is 18.2 Å². The molecule has 3 aromatic rings. The molecule has 3 aromatic heterocycles. The lowest BCUT2D eigenvalue weighted by Crippen LogP contribution is -2.27. The molecule has 0 aliphatic carbocycles. The third-order valence-electron chi connectivity index (χ3n) is 3.37. The molecule has 3 rings (SSSR count). The standard InChI is InChI=1S/C17H19N7O2S/c1-3-14(25)18-7-8-20-16-21-11(10-26-2)9-13(23-16)24-17-22-12-5-4-6-19-15(12)27-17/h3-6,9H,1,7-8,10H2,2H3,(H,18,25)(H2,20,21,22,23,24). The minimum Gasteiger partial charge on any atom is -0.378 e. The molecule has 0 fully saturated rings. The summed E-state index contributed by atoms with van der Waals surface area (Å²) in [5, 5.41) is 9.64. The van der Waals surface area contributed by atoms with Crippen LogP contribution in [-0.4, -0.2) is 46.0 Å². The van der Waals surface area contributed by atoms with Crippen LogP contribution in [0.25, 0.3) is 10.3 Å². The van der Waals surface area contributed by atoms with Gasteiger partial charge in [-0.2, -0.15) is 4.98 Å². The Morgan fingerprint density at radius 2 is 2.22 bits per heavy atom. The van der Waals surface area contributed by atoms with E-state index in [-0.39, 0.29) is 5.91 Å². The van der Waals surface area contributed by atoms with Crippen molar-refractivity contribution in [3.63, 3.8) is 0 Å². The fourth-order valence-electron chi connectivity index (χ4n) is 2.23. The number of amides is 1. The molecule has 1 amide bonds. The second-order valence-electron chi connectivity index (χ2n) is 5.39. The summed E-state index contributed by atoms with van der Waals surface area (Å²) in [6.07, 6.45) is 2.96. The van der Waals surface area contributed by atoms with E-state index in [1.54, 1.807) is 19.4 Å². The molecule has 0 saturated carbocycles. The predicted octanol–water partition coefficient (Wildman–Crippen LogP) is 2.09. The molecule has 0 aliphatic heterocycles. The fraction of sp³-hybridized carbons (Fsp3) is 0.235. The molecule has 0 bridgehead atoms. The summed E-state index contributed by atoms with van der Waals surface area (Å²) in [5.41, 5.74) is 1.54. The molecule has 27 heavy (non-hydrogen) atoms. The van der Waals surface area contributed by atoms with E-state index in [2.05, 4.69) is 42.5 Å². The van der Waals surface area contributed by atoms with Crippen LogP contribution in [-0.2, 0) is 16.1 Å².